The van der Waals surface area contributed by atoms with E-state index in [0.29, 0.717) is 5.41 Å². The highest BCUT2D eigenvalue weighted by Gasteiger charge is 2.08. The first kappa shape index (κ1) is 13.0. The molecule has 0 heterocycles. The SMILES string of the molecule is CC(C)CCOCCCC(C)(C)C. The van der Waals surface area contributed by atoms with Crippen molar-refractivity contribution in [1.82, 2.24) is 0 Å². The van der Waals surface area contributed by atoms with Crippen LogP contribution in [0.5, 0.6) is 0 Å². The highest BCUT2D eigenvalue weighted by atomic mass is 16.5. The van der Waals surface area contributed by atoms with Crippen molar-refractivity contribution < 1.29 is 4.74 Å². The van der Waals surface area contributed by atoms with E-state index in [9.17, 15) is 0 Å². The molecule has 1 nitrogen and oxygen atoms in total. The van der Waals surface area contributed by atoms with Crippen molar-refractivity contribution in [2.45, 2.75) is 53.9 Å². The minimum Gasteiger partial charge on any atom is -0.381 e. The maximum absolute atomic E-state index is 5.54. The molecule has 0 aromatic carbocycles. The lowest BCUT2D eigenvalue weighted by Gasteiger charge is -2.17. The van der Waals surface area contributed by atoms with Crippen LogP contribution in [0, 0.1) is 11.3 Å². The summed E-state index contributed by atoms with van der Waals surface area (Å²) in [5.74, 6) is 0.766. The number of hydrogen-bond donors (Lipinski definition) is 0. The van der Waals surface area contributed by atoms with Crippen molar-refractivity contribution in [3.63, 3.8) is 0 Å². The van der Waals surface area contributed by atoms with Crippen LogP contribution in [0.25, 0.3) is 0 Å². The Morgan fingerprint density at radius 1 is 1.08 bits per heavy atom. The van der Waals surface area contributed by atoms with E-state index in [4.69, 9.17) is 4.74 Å². The van der Waals surface area contributed by atoms with Gasteiger partial charge < -0.3 is 4.74 Å². The Balaban J connectivity index is 3.09. The standard InChI is InChI=1S/C12H26O/c1-11(2)7-10-13-9-6-8-12(3,4)5/h11H,6-10H2,1-5H3. The summed E-state index contributed by atoms with van der Waals surface area (Å²) in [6.45, 7) is 13.2. The maximum Gasteiger partial charge on any atom is 0.0468 e. The van der Waals surface area contributed by atoms with E-state index in [0.717, 1.165) is 19.1 Å². The molecule has 0 rings (SSSR count). The van der Waals surface area contributed by atoms with E-state index in [-0.39, 0.29) is 0 Å². The molecule has 0 bridgehead atoms. The van der Waals surface area contributed by atoms with Crippen LogP contribution in [-0.2, 0) is 4.74 Å². The zero-order valence-corrected chi connectivity index (χ0v) is 10.0. The molecule has 0 fully saturated rings. The normalized spacial score (nSPS) is 12.5. The predicted octanol–water partition coefficient (Wildman–Crippen LogP) is 3.88. The summed E-state index contributed by atoms with van der Waals surface area (Å²) in [5.41, 5.74) is 0.460. The van der Waals surface area contributed by atoms with Crippen molar-refractivity contribution in [2.24, 2.45) is 11.3 Å². The van der Waals surface area contributed by atoms with Crippen LogP contribution in [-0.4, -0.2) is 13.2 Å². The van der Waals surface area contributed by atoms with Gasteiger partial charge in [-0.2, -0.15) is 0 Å². The molecule has 0 aromatic rings. The zero-order valence-electron chi connectivity index (χ0n) is 10.0. The lowest BCUT2D eigenvalue weighted by molar-refractivity contribution is 0.113. The van der Waals surface area contributed by atoms with Gasteiger partial charge in [-0.1, -0.05) is 34.6 Å². The third-order valence-corrected chi connectivity index (χ3v) is 2.05. The van der Waals surface area contributed by atoms with Crippen LogP contribution in [0.15, 0.2) is 0 Å². The highest BCUT2D eigenvalue weighted by Crippen LogP contribution is 2.20. The molecule has 13 heavy (non-hydrogen) atoms. The second kappa shape index (κ2) is 6.42. The first-order valence-electron chi connectivity index (χ1n) is 5.49. The fourth-order valence-electron chi connectivity index (χ4n) is 1.13. The molecule has 0 aromatic heterocycles. The molecule has 0 aliphatic heterocycles. The second-order valence-corrected chi connectivity index (χ2v) is 5.46. The fraction of sp³-hybridized carbons (Fsp3) is 1.00. The van der Waals surface area contributed by atoms with Gasteiger partial charge in [-0.15, -0.1) is 0 Å². The van der Waals surface area contributed by atoms with Crippen LogP contribution < -0.4 is 0 Å². The van der Waals surface area contributed by atoms with Gasteiger partial charge in [0, 0.05) is 13.2 Å². The molecule has 0 amide bonds. The van der Waals surface area contributed by atoms with Gasteiger partial charge in [0.05, 0.1) is 0 Å². The van der Waals surface area contributed by atoms with Crippen LogP contribution in [0.2, 0.25) is 0 Å². The number of hydrogen-bond acceptors (Lipinski definition) is 1. The first-order chi connectivity index (χ1) is 5.92. The Morgan fingerprint density at radius 2 is 1.69 bits per heavy atom. The molecule has 0 unspecified atom stereocenters. The molecular weight excluding hydrogens is 160 g/mol. The largest absolute Gasteiger partial charge is 0.381 e. The summed E-state index contributed by atoms with van der Waals surface area (Å²) in [6.07, 6.45) is 3.64. The van der Waals surface area contributed by atoms with Gasteiger partial charge in [-0.3, -0.25) is 0 Å². The highest BCUT2D eigenvalue weighted by molar-refractivity contribution is 4.60. The average molecular weight is 186 g/mol. The predicted molar refractivity (Wildman–Crippen MR) is 59.0 cm³/mol. The smallest absolute Gasteiger partial charge is 0.0468 e. The lowest BCUT2D eigenvalue weighted by atomic mass is 9.91. The van der Waals surface area contributed by atoms with Crippen LogP contribution in [0.4, 0.5) is 0 Å². The van der Waals surface area contributed by atoms with E-state index < -0.39 is 0 Å². The summed E-state index contributed by atoms with van der Waals surface area (Å²) in [6, 6.07) is 0. The first-order valence-corrected chi connectivity index (χ1v) is 5.49. The molecule has 1 heteroatoms. The van der Waals surface area contributed by atoms with Gasteiger partial charge in [-0.05, 0) is 30.6 Å². The lowest BCUT2D eigenvalue weighted by Crippen LogP contribution is -2.07. The molecule has 0 N–H and O–H groups in total. The molecule has 80 valence electrons. The molecule has 0 aliphatic rings. The minimum absolute atomic E-state index is 0.460. The zero-order chi connectivity index (χ0) is 10.3. The number of ether oxygens (including phenoxy) is 1. The Morgan fingerprint density at radius 3 is 2.15 bits per heavy atom. The van der Waals surface area contributed by atoms with Crippen molar-refractivity contribution in [3.05, 3.63) is 0 Å². The maximum atomic E-state index is 5.54. The number of rotatable bonds is 6. The van der Waals surface area contributed by atoms with Gasteiger partial charge in [0.2, 0.25) is 0 Å². The van der Waals surface area contributed by atoms with Gasteiger partial charge in [0.15, 0.2) is 0 Å². The fourth-order valence-corrected chi connectivity index (χ4v) is 1.13. The van der Waals surface area contributed by atoms with E-state index in [1.54, 1.807) is 0 Å². The van der Waals surface area contributed by atoms with Gasteiger partial charge in [0.25, 0.3) is 0 Å². The van der Waals surface area contributed by atoms with Crippen molar-refractivity contribution in [3.8, 4) is 0 Å². The second-order valence-electron chi connectivity index (χ2n) is 5.46. The molecule has 0 radical (unpaired) electrons. The third kappa shape index (κ3) is 12.0. The summed E-state index contributed by atoms with van der Waals surface area (Å²) in [5, 5.41) is 0. The summed E-state index contributed by atoms with van der Waals surface area (Å²) in [7, 11) is 0. The minimum atomic E-state index is 0.460. The summed E-state index contributed by atoms with van der Waals surface area (Å²) < 4.78 is 5.54. The third-order valence-electron chi connectivity index (χ3n) is 2.05. The average Bonchev–Trinajstić information content (AvgIpc) is 1.93. The summed E-state index contributed by atoms with van der Waals surface area (Å²) in [4.78, 5) is 0. The molecule has 0 aliphatic carbocycles. The molecule has 0 saturated heterocycles. The quantitative estimate of drug-likeness (QED) is 0.572. The van der Waals surface area contributed by atoms with Gasteiger partial charge in [0.1, 0.15) is 0 Å². The Bertz CT molecular complexity index is 111. The van der Waals surface area contributed by atoms with Crippen LogP contribution >= 0.6 is 0 Å². The van der Waals surface area contributed by atoms with Crippen molar-refractivity contribution >= 4 is 0 Å². The Kier molecular flexibility index (Phi) is 6.40. The van der Waals surface area contributed by atoms with E-state index >= 15 is 0 Å². The van der Waals surface area contributed by atoms with Crippen molar-refractivity contribution in [2.75, 3.05) is 13.2 Å². The molecule has 0 saturated carbocycles. The van der Waals surface area contributed by atoms with Gasteiger partial charge >= 0.3 is 0 Å². The Hall–Kier alpha value is -0.0400. The van der Waals surface area contributed by atoms with E-state index in [1.165, 1.54) is 19.3 Å². The summed E-state index contributed by atoms with van der Waals surface area (Å²) >= 11 is 0. The topological polar surface area (TPSA) is 9.23 Å². The van der Waals surface area contributed by atoms with Crippen LogP contribution in [0.3, 0.4) is 0 Å². The van der Waals surface area contributed by atoms with Gasteiger partial charge in [-0.25, -0.2) is 0 Å². The van der Waals surface area contributed by atoms with Crippen LogP contribution in [0.1, 0.15) is 53.9 Å². The molecule has 0 atom stereocenters. The van der Waals surface area contributed by atoms with E-state index in [2.05, 4.69) is 34.6 Å². The molecular formula is C12H26O. The van der Waals surface area contributed by atoms with E-state index in [1.807, 2.05) is 0 Å². The monoisotopic (exact) mass is 186 g/mol. The molecule has 0 spiro atoms. The Labute approximate surface area is 83.9 Å². The van der Waals surface area contributed by atoms with Crippen molar-refractivity contribution in [1.29, 1.82) is 0 Å².